The molecule has 1 heterocycles. The Bertz CT molecular complexity index is 374. The van der Waals surface area contributed by atoms with Gasteiger partial charge in [0.25, 0.3) is 0 Å². The van der Waals surface area contributed by atoms with Gasteiger partial charge in [0.2, 0.25) is 5.76 Å². The van der Waals surface area contributed by atoms with E-state index in [9.17, 15) is 4.79 Å². The minimum absolute atomic E-state index is 0.0382. The van der Waals surface area contributed by atoms with Gasteiger partial charge in [-0.1, -0.05) is 0 Å². The molecule has 1 saturated carbocycles. The Morgan fingerprint density at radius 2 is 2.38 bits per heavy atom. The van der Waals surface area contributed by atoms with E-state index in [1.807, 2.05) is 0 Å². The van der Waals surface area contributed by atoms with Gasteiger partial charge < -0.3 is 19.6 Å². The van der Waals surface area contributed by atoms with Gasteiger partial charge in [0.05, 0.1) is 6.10 Å². The molecule has 2 atom stereocenters. The van der Waals surface area contributed by atoms with Crippen LogP contribution in [0.3, 0.4) is 0 Å². The third-order valence-electron chi connectivity index (χ3n) is 2.88. The number of aromatic carboxylic acids is 1. The fourth-order valence-electron chi connectivity index (χ4n) is 2.02. The number of carboxylic acids is 1. The number of anilines is 1. The van der Waals surface area contributed by atoms with E-state index < -0.39 is 5.97 Å². The highest BCUT2D eigenvalue weighted by Crippen LogP contribution is 2.25. The van der Waals surface area contributed by atoms with Crippen LogP contribution >= 0.6 is 0 Å². The summed E-state index contributed by atoms with van der Waals surface area (Å²) in [7, 11) is 1.71. The van der Waals surface area contributed by atoms with Crippen molar-refractivity contribution in [2.75, 3.05) is 12.4 Å². The minimum atomic E-state index is -1.05. The summed E-state index contributed by atoms with van der Waals surface area (Å²) in [4.78, 5) is 10.6. The van der Waals surface area contributed by atoms with Crippen molar-refractivity contribution in [3.63, 3.8) is 0 Å². The number of nitrogens with one attached hydrogen (secondary N) is 1. The normalized spacial score (nSPS) is 24.6. The summed E-state index contributed by atoms with van der Waals surface area (Å²) in [5.74, 6) is -0.572. The third kappa shape index (κ3) is 2.36. The van der Waals surface area contributed by atoms with Crippen LogP contribution < -0.4 is 5.32 Å². The van der Waals surface area contributed by atoms with Gasteiger partial charge in [-0.15, -0.1) is 0 Å². The predicted molar refractivity (Wildman–Crippen MR) is 57.7 cm³/mol. The van der Waals surface area contributed by atoms with E-state index in [1.165, 1.54) is 6.07 Å². The fraction of sp³-hybridized carbons (Fsp3) is 0.545. The number of furan rings is 1. The maximum atomic E-state index is 10.6. The van der Waals surface area contributed by atoms with Gasteiger partial charge in [-0.05, 0) is 25.3 Å². The van der Waals surface area contributed by atoms with E-state index >= 15 is 0 Å². The van der Waals surface area contributed by atoms with Crippen molar-refractivity contribution >= 4 is 11.9 Å². The average Bonchev–Trinajstić information content (AvgIpc) is 2.87. The summed E-state index contributed by atoms with van der Waals surface area (Å²) in [5.41, 5.74) is 0. The summed E-state index contributed by atoms with van der Waals surface area (Å²) < 4.78 is 10.4. The van der Waals surface area contributed by atoms with Gasteiger partial charge in [-0.25, -0.2) is 4.79 Å². The van der Waals surface area contributed by atoms with Crippen LogP contribution in [0.5, 0.6) is 0 Å². The lowest BCUT2D eigenvalue weighted by Crippen LogP contribution is -2.16. The fourth-order valence-corrected chi connectivity index (χ4v) is 2.02. The second-order valence-electron chi connectivity index (χ2n) is 3.98. The number of rotatable bonds is 4. The molecule has 1 aliphatic rings. The van der Waals surface area contributed by atoms with Gasteiger partial charge in [-0.2, -0.15) is 0 Å². The highest BCUT2D eigenvalue weighted by molar-refractivity contribution is 5.84. The lowest BCUT2D eigenvalue weighted by molar-refractivity contribution is 0.0663. The van der Waals surface area contributed by atoms with E-state index in [2.05, 4.69) is 5.32 Å². The quantitative estimate of drug-likeness (QED) is 0.819. The second-order valence-corrected chi connectivity index (χ2v) is 3.98. The largest absolute Gasteiger partial charge is 0.475 e. The Morgan fingerprint density at radius 1 is 1.56 bits per heavy atom. The second kappa shape index (κ2) is 4.57. The number of ether oxygens (including phenoxy) is 1. The minimum Gasteiger partial charge on any atom is -0.475 e. The summed E-state index contributed by atoms with van der Waals surface area (Å²) in [6.45, 7) is 0. The molecule has 1 aromatic rings. The first-order valence-electron chi connectivity index (χ1n) is 5.31. The van der Waals surface area contributed by atoms with Crippen LogP contribution in [0.4, 0.5) is 5.88 Å². The van der Waals surface area contributed by atoms with E-state index in [1.54, 1.807) is 13.2 Å². The van der Waals surface area contributed by atoms with Crippen molar-refractivity contribution in [3.8, 4) is 0 Å². The summed E-state index contributed by atoms with van der Waals surface area (Å²) in [5, 5.41) is 11.9. The molecule has 2 rings (SSSR count). The van der Waals surface area contributed by atoms with Crippen LogP contribution in [0.1, 0.15) is 29.8 Å². The van der Waals surface area contributed by atoms with Crippen LogP contribution in [-0.2, 0) is 4.74 Å². The lowest BCUT2D eigenvalue weighted by atomic mass is 10.2. The molecule has 88 valence electrons. The summed E-state index contributed by atoms with van der Waals surface area (Å²) in [6, 6.07) is 3.40. The highest BCUT2D eigenvalue weighted by Gasteiger charge is 2.25. The Balaban J connectivity index is 1.92. The van der Waals surface area contributed by atoms with Gasteiger partial charge >= 0.3 is 5.97 Å². The van der Waals surface area contributed by atoms with E-state index in [0.29, 0.717) is 18.0 Å². The zero-order valence-electron chi connectivity index (χ0n) is 9.10. The standard InChI is InChI=1S/C11H15NO4/c1-15-8-3-2-7(6-8)12-10-5-4-9(16-10)11(13)14/h4-5,7-8,12H,2-3,6H2,1H3,(H,13,14). The maximum absolute atomic E-state index is 10.6. The molecule has 0 radical (unpaired) electrons. The summed E-state index contributed by atoms with van der Waals surface area (Å²) >= 11 is 0. The van der Waals surface area contributed by atoms with Crippen molar-refractivity contribution in [2.24, 2.45) is 0 Å². The van der Waals surface area contributed by atoms with Crippen LogP contribution in [0, 0.1) is 0 Å². The van der Waals surface area contributed by atoms with Gasteiger partial charge in [0.15, 0.2) is 5.88 Å². The molecule has 0 amide bonds. The topological polar surface area (TPSA) is 71.7 Å². The van der Waals surface area contributed by atoms with Crippen molar-refractivity contribution in [2.45, 2.75) is 31.4 Å². The molecule has 0 saturated heterocycles. The van der Waals surface area contributed by atoms with Crippen LogP contribution in [0.25, 0.3) is 0 Å². The number of hydrogen-bond donors (Lipinski definition) is 2. The molecule has 1 fully saturated rings. The molecule has 1 aliphatic carbocycles. The van der Waals surface area contributed by atoms with E-state index in [0.717, 1.165) is 19.3 Å². The smallest absolute Gasteiger partial charge is 0.371 e. The molecule has 16 heavy (non-hydrogen) atoms. The Labute approximate surface area is 93.4 Å². The van der Waals surface area contributed by atoms with Crippen LogP contribution in [0.2, 0.25) is 0 Å². The third-order valence-corrected chi connectivity index (χ3v) is 2.88. The molecular weight excluding hydrogens is 210 g/mol. The Morgan fingerprint density at radius 3 is 2.94 bits per heavy atom. The molecule has 5 nitrogen and oxygen atoms in total. The number of carboxylic acid groups (broad SMARTS) is 1. The molecule has 0 aliphatic heterocycles. The molecule has 2 unspecified atom stereocenters. The van der Waals surface area contributed by atoms with Gasteiger partial charge in [0.1, 0.15) is 0 Å². The number of hydrogen-bond acceptors (Lipinski definition) is 4. The van der Waals surface area contributed by atoms with Crippen molar-refractivity contribution < 1.29 is 19.1 Å². The van der Waals surface area contributed by atoms with E-state index in [-0.39, 0.29) is 5.76 Å². The zero-order chi connectivity index (χ0) is 11.5. The van der Waals surface area contributed by atoms with Crippen LogP contribution in [0.15, 0.2) is 16.5 Å². The van der Waals surface area contributed by atoms with E-state index in [4.69, 9.17) is 14.3 Å². The first-order valence-corrected chi connectivity index (χ1v) is 5.31. The van der Waals surface area contributed by atoms with Gasteiger partial charge in [0, 0.05) is 19.2 Å². The lowest BCUT2D eigenvalue weighted by Gasteiger charge is -2.11. The molecule has 0 aromatic carbocycles. The molecule has 0 spiro atoms. The van der Waals surface area contributed by atoms with Crippen molar-refractivity contribution in [3.05, 3.63) is 17.9 Å². The molecular formula is C11H15NO4. The monoisotopic (exact) mass is 225 g/mol. The Kier molecular flexibility index (Phi) is 3.14. The van der Waals surface area contributed by atoms with Gasteiger partial charge in [-0.3, -0.25) is 0 Å². The maximum Gasteiger partial charge on any atom is 0.371 e. The van der Waals surface area contributed by atoms with Crippen molar-refractivity contribution in [1.82, 2.24) is 0 Å². The average molecular weight is 225 g/mol. The highest BCUT2D eigenvalue weighted by atomic mass is 16.5. The Hall–Kier alpha value is -1.49. The van der Waals surface area contributed by atoms with Crippen LogP contribution in [-0.4, -0.2) is 30.3 Å². The first kappa shape index (κ1) is 11.0. The molecule has 1 aromatic heterocycles. The summed E-state index contributed by atoms with van der Waals surface area (Å²) in [6.07, 6.45) is 3.27. The SMILES string of the molecule is COC1CCC(Nc2ccc(C(=O)O)o2)C1. The first-order chi connectivity index (χ1) is 7.69. The number of methoxy groups -OCH3 is 1. The molecule has 5 heteroatoms. The predicted octanol–water partition coefficient (Wildman–Crippen LogP) is 1.96. The number of carbonyl (C=O) groups is 1. The van der Waals surface area contributed by atoms with Crippen molar-refractivity contribution in [1.29, 1.82) is 0 Å². The zero-order valence-corrected chi connectivity index (χ0v) is 9.10. The molecule has 0 bridgehead atoms. The molecule has 2 N–H and O–H groups in total.